The van der Waals surface area contributed by atoms with E-state index in [1.54, 1.807) is 0 Å². The lowest BCUT2D eigenvalue weighted by molar-refractivity contribution is 0.00578. The molecule has 3 aromatic carbocycles. The summed E-state index contributed by atoms with van der Waals surface area (Å²) >= 11 is 0. The summed E-state index contributed by atoms with van der Waals surface area (Å²) in [5, 5.41) is 0. The van der Waals surface area contributed by atoms with E-state index in [-0.39, 0.29) is 0 Å². The molecule has 5 rings (SSSR count). The normalized spacial score (nSPS) is 21.3. The molecule has 0 saturated carbocycles. The van der Waals surface area contributed by atoms with Crippen LogP contribution in [0.25, 0.3) is 16.7 Å². The lowest BCUT2D eigenvalue weighted by Gasteiger charge is -2.32. The highest BCUT2D eigenvalue weighted by atomic mass is 16.7. The molecule has 2 heterocycles. The lowest BCUT2D eigenvalue weighted by atomic mass is 9.76. The molecule has 0 aromatic heterocycles. The lowest BCUT2D eigenvalue weighted by Crippen LogP contribution is -2.41. The Morgan fingerprint density at radius 1 is 0.735 bits per heavy atom. The van der Waals surface area contributed by atoms with E-state index in [2.05, 4.69) is 124 Å². The number of allylic oxidation sites excluding steroid dienone is 4. The van der Waals surface area contributed by atoms with Crippen LogP contribution in [0.15, 0.2) is 109 Å². The molecule has 0 amide bonds. The highest BCUT2D eigenvalue weighted by molar-refractivity contribution is 6.56. The van der Waals surface area contributed by atoms with Crippen LogP contribution in [0.1, 0.15) is 33.3 Å². The standard InChI is InChI=1S/C30H30BNO2/c1-22-21-25(31-33-29(2,3)30(4,5)34-31)19-20-32(28-14-10-9-13-27(22)28)26-17-15-24(16-18-26)23-11-7-6-8-12-23/h6-21H,1H2,2-5H3/b20-19-,25-21+. The van der Waals surface area contributed by atoms with Crippen molar-refractivity contribution in [2.75, 3.05) is 4.90 Å². The molecule has 2 aliphatic rings. The van der Waals surface area contributed by atoms with Gasteiger partial charge in [-0.2, -0.15) is 0 Å². The molecule has 0 aliphatic carbocycles. The van der Waals surface area contributed by atoms with E-state index >= 15 is 0 Å². The second-order valence-electron chi connectivity index (χ2n) is 9.87. The van der Waals surface area contributed by atoms with E-state index < -0.39 is 18.3 Å². The van der Waals surface area contributed by atoms with Gasteiger partial charge in [-0.05, 0) is 74.1 Å². The van der Waals surface area contributed by atoms with E-state index in [9.17, 15) is 0 Å². The second kappa shape index (κ2) is 8.46. The highest BCUT2D eigenvalue weighted by Crippen LogP contribution is 2.41. The molecular formula is C30H30BNO2. The molecule has 3 nitrogen and oxygen atoms in total. The predicted molar refractivity (Wildman–Crippen MR) is 143 cm³/mol. The van der Waals surface area contributed by atoms with E-state index in [0.717, 1.165) is 28.0 Å². The largest absolute Gasteiger partial charge is 0.494 e. The SMILES string of the molecule is C=C1/C=C(B2OC(C)(C)C(C)(C)O2)\C=C/N(c2ccc(-c3ccccc3)cc2)c2ccccc21. The Kier molecular flexibility index (Phi) is 5.59. The first-order chi connectivity index (χ1) is 16.2. The molecule has 0 spiro atoms. The summed E-state index contributed by atoms with van der Waals surface area (Å²) in [5.41, 5.74) is 6.70. The third-order valence-electron chi connectivity index (χ3n) is 7.04. The molecule has 0 atom stereocenters. The first-order valence-electron chi connectivity index (χ1n) is 11.7. The molecular weight excluding hydrogens is 417 g/mol. The van der Waals surface area contributed by atoms with Crippen LogP contribution in [0.3, 0.4) is 0 Å². The summed E-state index contributed by atoms with van der Waals surface area (Å²) in [6.45, 7) is 12.7. The molecule has 170 valence electrons. The van der Waals surface area contributed by atoms with Gasteiger partial charge in [-0.15, -0.1) is 0 Å². The average Bonchev–Trinajstić information content (AvgIpc) is 3.05. The fourth-order valence-corrected chi connectivity index (χ4v) is 4.32. The summed E-state index contributed by atoms with van der Waals surface area (Å²) < 4.78 is 12.7. The van der Waals surface area contributed by atoms with Gasteiger partial charge in [-0.1, -0.05) is 73.3 Å². The van der Waals surface area contributed by atoms with E-state index in [1.165, 1.54) is 11.1 Å². The first-order valence-corrected chi connectivity index (χ1v) is 11.7. The van der Waals surface area contributed by atoms with Gasteiger partial charge >= 0.3 is 7.12 Å². The van der Waals surface area contributed by atoms with Gasteiger partial charge in [0.1, 0.15) is 0 Å². The molecule has 0 unspecified atom stereocenters. The Bertz CT molecular complexity index is 1260. The summed E-state index contributed by atoms with van der Waals surface area (Å²) in [4.78, 5) is 2.20. The van der Waals surface area contributed by atoms with Crippen molar-refractivity contribution in [2.24, 2.45) is 0 Å². The minimum atomic E-state index is -0.453. The Morgan fingerprint density at radius 3 is 2.00 bits per heavy atom. The zero-order valence-electron chi connectivity index (χ0n) is 20.3. The van der Waals surface area contributed by atoms with Crippen LogP contribution in [-0.2, 0) is 9.31 Å². The third kappa shape index (κ3) is 4.04. The van der Waals surface area contributed by atoms with Gasteiger partial charge in [-0.3, -0.25) is 0 Å². The smallest absolute Gasteiger partial charge is 0.399 e. The van der Waals surface area contributed by atoms with Crippen molar-refractivity contribution in [2.45, 2.75) is 38.9 Å². The molecule has 3 aromatic rings. The van der Waals surface area contributed by atoms with Crippen LogP contribution in [0, 0.1) is 0 Å². The zero-order chi connectivity index (χ0) is 23.9. The van der Waals surface area contributed by atoms with Crippen LogP contribution in [-0.4, -0.2) is 18.3 Å². The van der Waals surface area contributed by atoms with Crippen LogP contribution in [0.2, 0.25) is 0 Å². The summed E-state index contributed by atoms with van der Waals surface area (Å²) in [7, 11) is -0.453. The van der Waals surface area contributed by atoms with Crippen LogP contribution in [0.5, 0.6) is 0 Å². The van der Waals surface area contributed by atoms with Gasteiger partial charge in [0.2, 0.25) is 0 Å². The zero-order valence-corrected chi connectivity index (χ0v) is 20.3. The van der Waals surface area contributed by atoms with Gasteiger partial charge < -0.3 is 14.2 Å². The fraction of sp³-hybridized carbons (Fsp3) is 0.200. The summed E-state index contributed by atoms with van der Waals surface area (Å²) in [5.74, 6) is 0. The number of benzene rings is 3. The second-order valence-corrected chi connectivity index (χ2v) is 9.87. The fourth-order valence-electron chi connectivity index (χ4n) is 4.32. The minimum Gasteiger partial charge on any atom is -0.399 e. The molecule has 1 saturated heterocycles. The Labute approximate surface area is 203 Å². The number of anilines is 2. The molecule has 1 fully saturated rings. The summed E-state index contributed by atoms with van der Waals surface area (Å²) in [6, 6.07) is 27.4. The van der Waals surface area contributed by atoms with Crippen molar-refractivity contribution in [3.8, 4) is 11.1 Å². The summed E-state index contributed by atoms with van der Waals surface area (Å²) in [6.07, 6.45) is 6.25. The van der Waals surface area contributed by atoms with Gasteiger partial charge in [0.05, 0.1) is 16.9 Å². The Balaban J connectivity index is 1.54. The van der Waals surface area contributed by atoms with E-state index in [1.807, 2.05) is 12.1 Å². The maximum Gasteiger partial charge on any atom is 0.494 e. The molecule has 34 heavy (non-hydrogen) atoms. The minimum absolute atomic E-state index is 0.402. The van der Waals surface area contributed by atoms with Crippen molar-refractivity contribution in [1.82, 2.24) is 0 Å². The number of rotatable bonds is 3. The Morgan fingerprint density at radius 2 is 1.32 bits per heavy atom. The quantitative estimate of drug-likeness (QED) is 0.386. The number of para-hydroxylation sites is 1. The van der Waals surface area contributed by atoms with Crippen LogP contribution in [0.4, 0.5) is 11.4 Å². The van der Waals surface area contributed by atoms with Gasteiger partial charge in [0.25, 0.3) is 0 Å². The van der Waals surface area contributed by atoms with E-state index in [4.69, 9.17) is 9.31 Å². The van der Waals surface area contributed by atoms with Crippen molar-refractivity contribution >= 4 is 24.1 Å². The van der Waals surface area contributed by atoms with Gasteiger partial charge in [0.15, 0.2) is 0 Å². The molecule has 0 radical (unpaired) electrons. The van der Waals surface area contributed by atoms with Crippen molar-refractivity contribution in [3.05, 3.63) is 115 Å². The van der Waals surface area contributed by atoms with E-state index in [0.29, 0.717) is 0 Å². The highest BCUT2D eigenvalue weighted by Gasteiger charge is 2.52. The van der Waals surface area contributed by atoms with Crippen molar-refractivity contribution in [3.63, 3.8) is 0 Å². The molecule has 0 N–H and O–H groups in total. The predicted octanol–water partition coefficient (Wildman–Crippen LogP) is 7.59. The van der Waals surface area contributed by atoms with Gasteiger partial charge in [-0.25, -0.2) is 0 Å². The number of hydrogen-bond donors (Lipinski definition) is 0. The van der Waals surface area contributed by atoms with Crippen molar-refractivity contribution in [1.29, 1.82) is 0 Å². The van der Waals surface area contributed by atoms with Crippen LogP contribution >= 0.6 is 0 Å². The number of nitrogens with zero attached hydrogens (tertiary/aromatic N) is 1. The number of fused-ring (bicyclic) bond motifs is 1. The monoisotopic (exact) mass is 447 g/mol. The Hall–Kier alpha value is -3.34. The maximum absolute atomic E-state index is 6.34. The number of hydrogen-bond acceptors (Lipinski definition) is 3. The maximum atomic E-state index is 6.34. The first kappa shape index (κ1) is 22.5. The molecule has 4 heteroatoms. The molecule has 0 bridgehead atoms. The average molecular weight is 447 g/mol. The van der Waals surface area contributed by atoms with Crippen LogP contribution < -0.4 is 4.90 Å². The third-order valence-corrected chi connectivity index (χ3v) is 7.04. The topological polar surface area (TPSA) is 21.7 Å². The molecule has 2 aliphatic heterocycles. The van der Waals surface area contributed by atoms with Crippen molar-refractivity contribution < 1.29 is 9.31 Å². The van der Waals surface area contributed by atoms with Gasteiger partial charge in [0, 0.05) is 17.5 Å².